The van der Waals surface area contributed by atoms with E-state index in [0.717, 1.165) is 32.1 Å². The number of aliphatic hydroxyl groups is 2. The largest absolute Gasteiger partial charge is 0.395 e. The maximum atomic E-state index is 10.4. The molecule has 0 heterocycles. The van der Waals surface area contributed by atoms with Gasteiger partial charge in [-0.25, -0.2) is 0 Å². The van der Waals surface area contributed by atoms with Gasteiger partial charge in [0.05, 0.1) is 12.7 Å². The van der Waals surface area contributed by atoms with Crippen molar-refractivity contribution in [1.82, 2.24) is 0 Å². The van der Waals surface area contributed by atoms with Crippen LogP contribution in [0.4, 0.5) is 0 Å². The second kappa shape index (κ2) is 5.21. The fourth-order valence-corrected chi connectivity index (χ4v) is 5.58. The van der Waals surface area contributed by atoms with Gasteiger partial charge in [0.1, 0.15) is 0 Å². The van der Waals surface area contributed by atoms with Crippen molar-refractivity contribution in [3.63, 3.8) is 0 Å². The van der Waals surface area contributed by atoms with Gasteiger partial charge in [-0.3, -0.25) is 0 Å². The van der Waals surface area contributed by atoms with Crippen LogP contribution in [0, 0.1) is 28.1 Å². The molecule has 0 saturated heterocycles. The summed E-state index contributed by atoms with van der Waals surface area (Å²) in [6.07, 6.45) is 10.5. The lowest BCUT2D eigenvalue weighted by Gasteiger charge is -2.59. The molecule has 2 nitrogen and oxygen atoms in total. The molecule has 0 radical (unpaired) electrons. The number of hydrogen-bond donors (Lipinski definition) is 2. The number of aliphatic hydroxyl groups excluding tert-OH is 2. The Morgan fingerprint density at radius 1 is 1.27 bits per heavy atom. The van der Waals surface area contributed by atoms with Crippen LogP contribution in [0.25, 0.3) is 0 Å². The summed E-state index contributed by atoms with van der Waals surface area (Å²) in [6.45, 7) is 11.0. The topological polar surface area (TPSA) is 40.5 Å². The van der Waals surface area contributed by atoms with Crippen molar-refractivity contribution < 1.29 is 10.2 Å². The molecule has 3 rings (SSSR count). The van der Waals surface area contributed by atoms with Crippen molar-refractivity contribution in [2.24, 2.45) is 28.1 Å². The number of hydrogen-bond acceptors (Lipinski definition) is 2. The molecule has 2 fully saturated rings. The van der Waals surface area contributed by atoms with E-state index in [9.17, 15) is 10.2 Å². The van der Waals surface area contributed by atoms with E-state index < -0.39 is 0 Å². The molecule has 0 aromatic rings. The first-order chi connectivity index (χ1) is 10.3. The third kappa shape index (κ3) is 2.14. The second-order valence-corrected chi connectivity index (χ2v) is 8.94. The molecular weight excluding hydrogens is 272 g/mol. The minimum atomic E-state index is -0.254. The van der Waals surface area contributed by atoms with Crippen LogP contribution in [0.2, 0.25) is 0 Å². The van der Waals surface area contributed by atoms with Crippen LogP contribution in [0.5, 0.6) is 0 Å². The highest BCUT2D eigenvalue weighted by molar-refractivity contribution is 5.30. The van der Waals surface area contributed by atoms with Crippen LogP contribution in [0.3, 0.4) is 0 Å². The lowest BCUT2D eigenvalue weighted by molar-refractivity contribution is -0.0622. The molecule has 22 heavy (non-hydrogen) atoms. The molecule has 0 amide bonds. The van der Waals surface area contributed by atoms with Gasteiger partial charge in [-0.2, -0.15) is 0 Å². The van der Waals surface area contributed by atoms with Gasteiger partial charge in [0.25, 0.3) is 0 Å². The Bertz CT molecular complexity index is 492. The Morgan fingerprint density at radius 3 is 2.64 bits per heavy atom. The third-order valence-corrected chi connectivity index (χ3v) is 7.48. The molecule has 5 atom stereocenters. The molecule has 2 heteroatoms. The Labute approximate surface area is 135 Å². The average molecular weight is 304 g/mol. The molecule has 3 aliphatic carbocycles. The summed E-state index contributed by atoms with van der Waals surface area (Å²) in [5.74, 6) is 0.982. The van der Waals surface area contributed by atoms with Crippen molar-refractivity contribution in [3.05, 3.63) is 24.3 Å². The van der Waals surface area contributed by atoms with Crippen LogP contribution >= 0.6 is 0 Å². The first-order valence-corrected chi connectivity index (χ1v) is 8.92. The summed E-state index contributed by atoms with van der Waals surface area (Å²) in [5.41, 5.74) is 1.58. The summed E-state index contributed by atoms with van der Waals surface area (Å²) in [4.78, 5) is 0. The van der Waals surface area contributed by atoms with E-state index in [-0.39, 0.29) is 29.0 Å². The van der Waals surface area contributed by atoms with E-state index in [1.165, 1.54) is 12.0 Å². The molecular formula is C20H32O2. The molecule has 3 aliphatic rings. The summed E-state index contributed by atoms with van der Waals surface area (Å²) in [7, 11) is 0. The Balaban J connectivity index is 1.99. The normalized spacial score (nSPS) is 47.1. The summed E-state index contributed by atoms with van der Waals surface area (Å²) in [5, 5.41) is 20.8. The van der Waals surface area contributed by atoms with Crippen molar-refractivity contribution >= 4 is 0 Å². The monoisotopic (exact) mass is 304 g/mol. The Hall–Kier alpha value is -0.600. The molecule has 2 N–H and O–H groups in total. The standard InChI is InChI=1S/C20H32O2/c1-5-19(4)10-11-20(13-21)14(12-19)6-7-15-16(20)8-9-17(22)18(15,2)3/h5,8,14-15,17,21-22H,1,6-7,9-13H2,2-4H3. The van der Waals surface area contributed by atoms with Crippen molar-refractivity contribution in [3.8, 4) is 0 Å². The number of rotatable bonds is 2. The third-order valence-electron chi connectivity index (χ3n) is 7.48. The fraction of sp³-hybridized carbons (Fsp3) is 0.800. The van der Waals surface area contributed by atoms with Crippen LogP contribution in [-0.2, 0) is 0 Å². The van der Waals surface area contributed by atoms with Crippen LogP contribution in [0.15, 0.2) is 24.3 Å². The zero-order valence-corrected chi connectivity index (χ0v) is 14.4. The van der Waals surface area contributed by atoms with E-state index >= 15 is 0 Å². The predicted molar refractivity (Wildman–Crippen MR) is 90.4 cm³/mol. The second-order valence-electron chi connectivity index (χ2n) is 8.94. The molecule has 2 saturated carbocycles. The smallest absolute Gasteiger partial charge is 0.0631 e. The minimum absolute atomic E-state index is 0.0388. The number of allylic oxidation sites excluding steroid dienone is 1. The van der Waals surface area contributed by atoms with Gasteiger partial charge >= 0.3 is 0 Å². The van der Waals surface area contributed by atoms with Crippen molar-refractivity contribution in [2.75, 3.05) is 6.61 Å². The lowest BCUT2D eigenvalue weighted by atomic mass is 9.46. The van der Waals surface area contributed by atoms with E-state index in [1.807, 2.05) is 0 Å². The summed E-state index contributed by atoms with van der Waals surface area (Å²) in [6, 6.07) is 0. The predicted octanol–water partition coefficient (Wildman–Crippen LogP) is 4.08. The van der Waals surface area contributed by atoms with Crippen LogP contribution in [0.1, 0.15) is 59.3 Å². The van der Waals surface area contributed by atoms with Gasteiger partial charge < -0.3 is 10.2 Å². The van der Waals surface area contributed by atoms with Gasteiger partial charge in [0, 0.05) is 5.41 Å². The SMILES string of the molecule is C=CC1(C)CCC2(CO)C3=CCC(O)C(C)(C)C3CCC2C1. The van der Waals surface area contributed by atoms with Crippen LogP contribution in [-0.4, -0.2) is 22.9 Å². The lowest BCUT2D eigenvalue weighted by Crippen LogP contribution is -2.53. The zero-order chi connectivity index (χ0) is 16.2. The van der Waals surface area contributed by atoms with Gasteiger partial charge in [0.15, 0.2) is 0 Å². The highest BCUT2D eigenvalue weighted by atomic mass is 16.3. The maximum absolute atomic E-state index is 10.4. The summed E-state index contributed by atoms with van der Waals surface area (Å²) < 4.78 is 0. The average Bonchev–Trinajstić information content (AvgIpc) is 2.50. The highest BCUT2D eigenvalue weighted by Gasteiger charge is 2.56. The molecule has 124 valence electrons. The molecule has 5 unspecified atom stereocenters. The van der Waals surface area contributed by atoms with Crippen molar-refractivity contribution in [1.29, 1.82) is 0 Å². The van der Waals surface area contributed by atoms with E-state index in [2.05, 4.69) is 39.5 Å². The van der Waals surface area contributed by atoms with Crippen LogP contribution < -0.4 is 0 Å². The minimum Gasteiger partial charge on any atom is -0.395 e. The van der Waals surface area contributed by atoms with Gasteiger partial charge in [0.2, 0.25) is 0 Å². The Morgan fingerprint density at radius 2 is 2.00 bits per heavy atom. The number of fused-ring (bicyclic) bond motifs is 3. The van der Waals surface area contributed by atoms with Gasteiger partial charge in [-0.1, -0.05) is 38.5 Å². The maximum Gasteiger partial charge on any atom is 0.0631 e. The Kier molecular flexibility index (Phi) is 3.85. The first-order valence-electron chi connectivity index (χ1n) is 8.92. The summed E-state index contributed by atoms with van der Waals surface area (Å²) >= 11 is 0. The van der Waals surface area contributed by atoms with E-state index in [1.54, 1.807) is 0 Å². The molecule has 0 aliphatic heterocycles. The van der Waals surface area contributed by atoms with Crippen molar-refractivity contribution in [2.45, 2.75) is 65.4 Å². The van der Waals surface area contributed by atoms with Gasteiger partial charge in [-0.15, -0.1) is 6.58 Å². The quantitative estimate of drug-likeness (QED) is 0.755. The molecule has 0 aromatic carbocycles. The van der Waals surface area contributed by atoms with E-state index in [0.29, 0.717) is 11.8 Å². The molecule has 0 spiro atoms. The van der Waals surface area contributed by atoms with E-state index in [4.69, 9.17) is 0 Å². The molecule has 0 bridgehead atoms. The zero-order valence-electron chi connectivity index (χ0n) is 14.4. The van der Waals surface area contributed by atoms with Gasteiger partial charge in [-0.05, 0) is 61.2 Å². The fourth-order valence-electron chi connectivity index (χ4n) is 5.58. The highest BCUT2D eigenvalue weighted by Crippen LogP contribution is 2.63. The first kappa shape index (κ1) is 16.3. The molecule has 0 aromatic heterocycles.